The second-order valence-corrected chi connectivity index (χ2v) is 10.1. The Bertz CT molecular complexity index is 913. The fourth-order valence-electron chi connectivity index (χ4n) is 4.64. The van der Waals surface area contributed by atoms with Crippen LogP contribution >= 0.6 is 0 Å². The SMILES string of the molecule is CC(C)C#Cc1ccc(C(=O)NC2CCN(C(=O)CN3CCC(C(C)C)C(F)(F)C3)CC2)nc1. The predicted octanol–water partition coefficient (Wildman–Crippen LogP) is 3.42. The van der Waals surface area contributed by atoms with Crippen molar-refractivity contribution in [1.82, 2.24) is 20.1 Å². The number of nitrogens with zero attached hydrogens (tertiary/aromatic N) is 3. The molecule has 6 nitrogen and oxygen atoms in total. The van der Waals surface area contributed by atoms with E-state index in [2.05, 4.69) is 22.1 Å². The van der Waals surface area contributed by atoms with E-state index in [-0.39, 0.29) is 42.8 Å². The summed E-state index contributed by atoms with van der Waals surface area (Å²) in [6.07, 6.45) is 3.26. The van der Waals surface area contributed by atoms with Gasteiger partial charge in [0, 0.05) is 42.7 Å². The molecule has 0 bridgehead atoms. The minimum Gasteiger partial charge on any atom is -0.348 e. The molecule has 1 N–H and O–H groups in total. The molecule has 8 heteroatoms. The third kappa shape index (κ3) is 6.99. The zero-order valence-corrected chi connectivity index (χ0v) is 20.6. The highest BCUT2D eigenvalue weighted by Crippen LogP contribution is 2.37. The van der Waals surface area contributed by atoms with Gasteiger partial charge in [-0.1, -0.05) is 39.5 Å². The van der Waals surface area contributed by atoms with Crippen LogP contribution in [0.2, 0.25) is 0 Å². The average molecular weight is 475 g/mol. The van der Waals surface area contributed by atoms with Gasteiger partial charge in [-0.2, -0.15) is 0 Å². The van der Waals surface area contributed by atoms with Crippen molar-refractivity contribution in [2.24, 2.45) is 17.8 Å². The molecule has 3 heterocycles. The summed E-state index contributed by atoms with van der Waals surface area (Å²) in [5, 5.41) is 2.99. The summed E-state index contributed by atoms with van der Waals surface area (Å²) >= 11 is 0. The maximum atomic E-state index is 14.4. The molecule has 34 heavy (non-hydrogen) atoms. The number of pyridine rings is 1. The largest absolute Gasteiger partial charge is 0.348 e. The van der Waals surface area contributed by atoms with Gasteiger partial charge in [-0.3, -0.25) is 14.5 Å². The molecular weight excluding hydrogens is 438 g/mol. The van der Waals surface area contributed by atoms with Crippen LogP contribution in [0.25, 0.3) is 0 Å². The van der Waals surface area contributed by atoms with E-state index < -0.39 is 11.8 Å². The number of nitrogens with one attached hydrogen (secondary N) is 1. The van der Waals surface area contributed by atoms with Crippen molar-refractivity contribution < 1.29 is 18.4 Å². The van der Waals surface area contributed by atoms with Gasteiger partial charge in [-0.15, -0.1) is 0 Å². The second kappa shape index (κ2) is 11.3. The molecule has 2 amide bonds. The van der Waals surface area contributed by atoms with Crippen LogP contribution in [0, 0.1) is 29.6 Å². The number of carbonyl (C=O) groups excluding carboxylic acids is 2. The Labute approximate surface area is 201 Å². The number of hydrogen-bond donors (Lipinski definition) is 1. The normalized spacial score (nSPS) is 21.3. The van der Waals surface area contributed by atoms with Gasteiger partial charge in [0.2, 0.25) is 5.91 Å². The Morgan fingerprint density at radius 3 is 2.41 bits per heavy atom. The Morgan fingerprint density at radius 2 is 1.85 bits per heavy atom. The molecule has 0 aromatic carbocycles. The first-order chi connectivity index (χ1) is 16.0. The van der Waals surface area contributed by atoms with E-state index >= 15 is 0 Å². The highest BCUT2D eigenvalue weighted by Gasteiger charge is 2.46. The fraction of sp³-hybridized carbons (Fsp3) is 0.654. The van der Waals surface area contributed by atoms with Gasteiger partial charge >= 0.3 is 0 Å². The van der Waals surface area contributed by atoms with E-state index in [1.165, 1.54) is 0 Å². The number of piperidine rings is 2. The highest BCUT2D eigenvalue weighted by molar-refractivity contribution is 5.92. The van der Waals surface area contributed by atoms with Crippen molar-refractivity contribution in [2.45, 2.75) is 58.9 Å². The summed E-state index contributed by atoms with van der Waals surface area (Å²) in [5.74, 6) is 2.51. The smallest absolute Gasteiger partial charge is 0.270 e. The van der Waals surface area contributed by atoms with Crippen LogP contribution < -0.4 is 5.32 Å². The molecule has 3 rings (SSSR count). The first-order valence-corrected chi connectivity index (χ1v) is 12.2. The van der Waals surface area contributed by atoms with E-state index in [1.807, 2.05) is 27.7 Å². The van der Waals surface area contributed by atoms with Crippen molar-refractivity contribution in [3.8, 4) is 11.8 Å². The fourth-order valence-corrected chi connectivity index (χ4v) is 4.64. The minimum absolute atomic E-state index is 0.0212. The molecule has 0 aliphatic carbocycles. The molecule has 1 aromatic rings. The zero-order valence-electron chi connectivity index (χ0n) is 20.6. The van der Waals surface area contributed by atoms with Crippen molar-refractivity contribution in [3.05, 3.63) is 29.6 Å². The van der Waals surface area contributed by atoms with Gasteiger partial charge < -0.3 is 10.2 Å². The number of carbonyl (C=O) groups is 2. The van der Waals surface area contributed by atoms with Crippen molar-refractivity contribution in [3.63, 3.8) is 0 Å². The molecule has 2 aliphatic rings. The van der Waals surface area contributed by atoms with Gasteiger partial charge in [-0.25, -0.2) is 13.8 Å². The number of alkyl halides is 2. The number of amides is 2. The average Bonchev–Trinajstić information content (AvgIpc) is 2.77. The van der Waals surface area contributed by atoms with Gasteiger partial charge in [0.1, 0.15) is 5.69 Å². The van der Waals surface area contributed by atoms with Crippen molar-refractivity contribution in [1.29, 1.82) is 0 Å². The molecule has 186 valence electrons. The molecule has 1 aromatic heterocycles. The van der Waals surface area contributed by atoms with Crippen LogP contribution in [-0.4, -0.2) is 71.3 Å². The predicted molar refractivity (Wildman–Crippen MR) is 127 cm³/mol. The molecule has 0 saturated carbocycles. The number of aromatic nitrogens is 1. The maximum Gasteiger partial charge on any atom is 0.270 e. The monoisotopic (exact) mass is 474 g/mol. The van der Waals surface area contributed by atoms with E-state index in [0.717, 1.165) is 5.56 Å². The summed E-state index contributed by atoms with van der Waals surface area (Å²) in [7, 11) is 0. The third-order valence-corrected chi connectivity index (χ3v) is 6.58. The number of rotatable bonds is 5. The lowest BCUT2D eigenvalue weighted by Crippen LogP contribution is -2.54. The highest BCUT2D eigenvalue weighted by atomic mass is 19.3. The Kier molecular flexibility index (Phi) is 8.64. The standard InChI is InChI=1S/C26H36F2N4O2/c1-18(2)5-6-20-7-8-23(29-15-20)25(34)30-21-9-13-32(14-10-21)24(33)16-31-12-11-22(19(3)4)26(27,28)17-31/h7-8,15,18-19,21-22H,9-14,16-17H2,1-4H3,(H,30,34). The number of likely N-dealkylation sites (tertiary alicyclic amines) is 2. The molecule has 2 saturated heterocycles. The van der Waals surface area contributed by atoms with Gasteiger partial charge in [0.15, 0.2) is 0 Å². The summed E-state index contributed by atoms with van der Waals surface area (Å²) in [4.78, 5) is 32.7. The quantitative estimate of drug-likeness (QED) is 0.665. The molecular formula is C26H36F2N4O2. The van der Waals surface area contributed by atoms with Crippen molar-refractivity contribution in [2.75, 3.05) is 32.7 Å². The second-order valence-electron chi connectivity index (χ2n) is 10.1. The molecule has 1 unspecified atom stereocenters. The van der Waals surface area contributed by atoms with Crippen LogP contribution in [0.5, 0.6) is 0 Å². The molecule has 2 fully saturated rings. The van der Waals surface area contributed by atoms with Crippen LogP contribution in [0.3, 0.4) is 0 Å². The molecule has 1 atom stereocenters. The van der Waals surface area contributed by atoms with E-state index in [0.29, 0.717) is 44.6 Å². The van der Waals surface area contributed by atoms with E-state index in [4.69, 9.17) is 0 Å². The summed E-state index contributed by atoms with van der Waals surface area (Å²) in [5.41, 5.74) is 1.10. The lowest BCUT2D eigenvalue weighted by molar-refractivity contribution is -0.143. The molecule has 2 aliphatic heterocycles. The lowest BCUT2D eigenvalue weighted by atomic mass is 9.83. The first kappa shape index (κ1) is 26.1. The zero-order chi connectivity index (χ0) is 24.9. The van der Waals surface area contributed by atoms with Crippen LogP contribution in [0.15, 0.2) is 18.3 Å². The van der Waals surface area contributed by atoms with E-state index in [1.54, 1.807) is 28.1 Å². The lowest BCUT2D eigenvalue weighted by Gasteiger charge is -2.41. The third-order valence-electron chi connectivity index (χ3n) is 6.58. The van der Waals surface area contributed by atoms with Crippen LogP contribution in [-0.2, 0) is 4.79 Å². The van der Waals surface area contributed by atoms with Gasteiger partial charge in [-0.05, 0) is 43.9 Å². The Balaban J connectivity index is 1.44. The number of halogens is 2. The topological polar surface area (TPSA) is 65.5 Å². The van der Waals surface area contributed by atoms with E-state index in [9.17, 15) is 18.4 Å². The van der Waals surface area contributed by atoms with Gasteiger partial charge in [0.05, 0.1) is 13.1 Å². The minimum atomic E-state index is -2.77. The Hall–Kier alpha value is -2.53. The summed E-state index contributed by atoms with van der Waals surface area (Å²) < 4.78 is 28.9. The number of hydrogen-bond acceptors (Lipinski definition) is 4. The summed E-state index contributed by atoms with van der Waals surface area (Å²) in [6, 6.07) is 3.40. The molecule has 0 spiro atoms. The van der Waals surface area contributed by atoms with Crippen LogP contribution in [0.4, 0.5) is 8.78 Å². The Morgan fingerprint density at radius 1 is 1.15 bits per heavy atom. The van der Waals surface area contributed by atoms with Crippen LogP contribution in [0.1, 0.15) is 63.0 Å². The molecule has 0 radical (unpaired) electrons. The van der Waals surface area contributed by atoms with Crippen molar-refractivity contribution >= 4 is 11.8 Å². The first-order valence-electron chi connectivity index (χ1n) is 12.2. The summed E-state index contributed by atoms with van der Waals surface area (Å²) in [6.45, 7) is 8.86. The van der Waals surface area contributed by atoms with Gasteiger partial charge in [0.25, 0.3) is 11.8 Å². The maximum absolute atomic E-state index is 14.4.